The molecule has 0 spiro atoms. The van der Waals surface area contributed by atoms with Crippen LogP contribution in [0.15, 0.2) is 24.4 Å². The summed E-state index contributed by atoms with van der Waals surface area (Å²) in [5, 5.41) is 10.1. The molecule has 1 aromatic heterocycles. The lowest BCUT2D eigenvalue weighted by Crippen LogP contribution is -1.82. The Kier molecular flexibility index (Phi) is 1.43. The van der Waals surface area contributed by atoms with E-state index < -0.39 is 0 Å². The van der Waals surface area contributed by atoms with Crippen LogP contribution in [0.5, 0.6) is 11.5 Å². The molecule has 3 heteroatoms. The average Bonchev–Trinajstić information content (AvgIpc) is 2.48. The molecule has 0 saturated heterocycles. The summed E-state index contributed by atoms with van der Waals surface area (Å²) in [5.41, 5.74) is 0.881. The van der Waals surface area contributed by atoms with Crippen molar-refractivity contribution in [3.63, 3.8) is 0 Å². The van der Waals surface area contributed by atoms with E-state index >= 15 is 0 Å². The maximum Gasteiger partial charge on any atom is 0.144 e. The fraction of sp³-hybridized carbons (Fsp3) is 0.111. The summed E-state index contributed by atoms with van der Waals surface area (Å²) in [6, 6.07) is 5.57. The minimum atomic E-state index is 0.224. The van der Waals surface area contributed by atoms with Gasteiger partial charge in [0.25, 0.3) is 0 Å². The number of aromatic amines is 1. The first-order valence-electron chi connectivity index (χ1n) is 3.66. The van der Waals surface area contributed by atoms with Crippen LogP contribution in [0, 0.1) is 0 Å². The molecule has 0 bridgehead atoms. The van der Waals surface area contributed by atoms with Crippen molar-refractivity contribution >= 4 is 10.9 Å². The van der Waals surface area contributed by atoms with Gasteiger partial charge < -0.3 is 14.8 Å². The lowest BCUT2D eigenvalue weighted by Gasteiger charge is -2.00. The van der Waals surface area contributed by atoms with Gasteiger partial charge in [0, 0.05) is 6.20 Å². The van der Waals surface area contributed by atoms with Crippen LogP contribution in [0.3, 0.4) is 0 Å². The van der Waals surface area contributed by atoms with Crippen molar-refractivity contribution in [2.45, 2.75) is 0 Å². The zero-order chi connectivity index (χ0) is 8.55. The van der Waals surface area contributed by atoms with Gasteiger partial charge in [0.15, 0.2) is 0 Å². The molecule has 2 aromatic rings. The highest BCUT2D eigenvalue weighted by atomic mass is 16.5. The van der Waals surface area contributed by atoms with Crippen LogP contribution in [0.25, 0.3) is 10.9 Å². The van der Waals surface area contributed by atoms with Gasteiger partial charge >= 0.3 is 0 Å². The molecule has 2 rings (SSSR count). The molecule has 0 atom stereocenters. The number of aromatic hydroxyl groups is 1. The minimum Gasteiger partial charge on any atom is -0.506 e. The molecule has 0 amide bonds. The third-order valence-corrected chi connectivity index (χ3v) is 1.87. The molecule has 62 valence electrons. The van der Waals surface area contributed by atoms with E-state index in [1.165, 1.54) is 0 Å². The van der Waals surface area contributed by atoms with Crippen molar-refractivity contribution in [3.8, 4) is 11.5 Å². The van der Waals surface area contributed by atoms with Crippen LogP contribution in [-0.4, -0.2) is 17.2 Å². The Morgan fingerprint density at radius 2 is 2.25 bits per heavy atom. The number of methoxy groups -OCH3 is 1. The van der Waals surface area contributed by atoms with Crippen molar-refractivity contribution in [2.24, 2.45) is 0 Å². The second-order valence-corrected chi connectivity index (χ2v) is 2.56. The van der Waals surface area contributed by atoms with Crippen molar-refractivity contribution in [2.75, 3.05) is 7.11 Å². The Labute approximate surface area is 69.6 Å². The summed E-state index contributed by atoms with van der Waals surface area (Å²) in [4.78, 5) is 2.93. The van der Waals surface area contributed by atoms with Gasteiger partial charge in [0.1, 0.15) is 11.5 Å². The fourth-order valence-corrected chi connectivity index (χ4v) is 1.30. The Morgan fingerprint density at radius 1 is 1.42 bits per heavy atom. The molecule has 0 aliphatic heterocycles. The number of nitrogens with one attached hydrogen (secondary N) is 1. The number of benzene rings is 1. The monoisotopic (exact) mass is 163 g/mol. The smallest absolute Gasteiger partial charge is 0.144 e. The number of rotatable bonds is 1. The number of ether oxygens (including phenoxy) is 1. The molecule has 3 nitrogen and oxygen atoms in total. The lowest BCUT2D eigenvalue weighted by atomic mass is 10.2. The van der Waals surface area contributed by atoms with E-state index in [-0.39, 0.29) is 5.75 Å². The van der Waals surface area contributed by atoms with Crippen molar-refractivity contribution in [3.05, 3.63) is 24.4 Å². The summed E-state index contributed by atoms with van der Waals surface area (Å²) < 4.78 is 5.09. The number of fused-ring (bicyclic) bond motifs is 1. The zero-order valence-electron chi connectivity index (χ0n) is 6.66. The molecule has 0 saturated carbocycles. The van der Waals surface area contributed by atoms with Crippen LogP contribution in [0.4, 0.5) is 0 Å². The summed E-state index contributed by atoms with van der Waals surface area (Å²) in [5.74, 6) is 0.911. The van der Waals surface area contributed by atoms with E-state index in [0.717, 1.165) is 10.9 Å². The summed E-state index contributed by atoms with van der Waals surface area (Å²) >= 11 is 0. The highest BCUT2D eigenvalue weighted by Gasteiger charge is 2.06. The summed E-state index contributed by atoms with van der Waals surface area (Å²) in [7, 11) is 1.58. The molecule has 1 heterocycles. The zero-order valence-corrected chi connectivity index (χ0v) is 6.66. The van der Waals surface area contributed by atoms with E-state index in [1.54, 1.807) is 13.3 Å². The second-order valence-electron chi connectivity index (χ2n) is 2.56. The van der Waals surface area contributed by atoms with Crippen molar-refractivity contribution in [1.82, 2.24) is 4.98 Å². The van der Waals surface area contributed by atoms with Crippen molar-refractivity contribution < 1.29 is 9.84 Å². The molecule has 2 N–H and O–H groups in total. The van der Waals surface area contributed by atoms with Crippen LogP contribution in [0.1, 0.15) is 0 Å². The largest absolute Gasteiger partial charge is 0.506 e. The highest BCUT2D eigenvalue weighted by molar-refractivity contribution is 5.91. The maximum absolute atomic E-state index is 9.41. The van der Waals surface area contributed by atoms with E-state index in [1.807, 2.05) is 18.2 Å². The van der Waals surface area contributed by atoms with E-state index in [0.29, 0.717) is 5.75 Å². The van der Waals surface area contributed by atoms with Crippen molar-refractivity contribution in [1.29, 1.82) is 0 Å². The van der Waals surface area contributed by atoms with Gasteiger partial charge in [-0.25, -0.2) is 0 Å². The number of hydrogen-bond donors (Lipinski definition) is 2. The summed E-state index contributed by atoms with van der Waals surface area (Å²) in [6.45, 7) is 0. The predicted molar refractivity (Wildman–Crippen MR) is 46.5 cm³/mol. The summed E-state index contributed by atoms with van der Waals surface area (Å²) in [6.07, 6.45) is 1.55. The molecule has 0 fully saturated rings. The first-order valence-corrected chi connectivity index (χ1v) is 3.66. The Balaban J connectivity index is 2.84. The number of H-pyrrole nitrogens is 1. The quantitative estimate of drug-likeness (QED) is 0.674. The van der Waals surface area contributed by atoms with Gasteiger partial charge in [-0.15, -0.1) is 0 Å². The third kappa shape index (κ3) is 0.830. The average molecular weight is 163 g/mol. The normalized spacial score (nSPS) is 10.4. The third-order valence-electron chi connectivity index (χ3n) is 1.87. The van der Waals surface area contributed by atoms with Gasteiger partial charge in [0.05, 0.1) is 18.0 Å². The van der Waals surface area contributed by atoms with Crippen LogP contribution in [0.2, 0.25) is 0 Å². The molecule has 0 unspecified atom stereocenters. The first kappa shape index (κ1) is 7.03. The predicted octanol–water partition coefficient (Wildman–Crippen LogP) is 1.88. The fourth-order valence-electron chi connectivity index (χ4n) is 1.30. The first-order chi connectivity index (χ1) is 5.83. The Bertz CT molecular complexity index is 406. The molecule has 0 radical (unpaired) electrons. The van der Waals surface area contributed by atoms with Crippen LogP contribution < -0.4 is 4.74 Å². The highest BCUT2D eigenvalue weighted by Crippen LogP contribution is 2.32. The molecule has 12 heavy (non-hydrogen) atoms. The van der Waals surface area contributed by atoms with E-state index in [9.17, 15) is 5.11 Å². The Hall–Kier alpha value is -1.64. The maximum atomic E-state index is 9.41. The topological polar surface area (TPSA) is 45.2 Å². The molecule has 1 aromatic carbocycles. The lowest BCUT2D eigenvalue weighted by molar-refractivity contribution is 0.416. The van der Waals surface area contributed by atoms with Gasteiger partial charge in [-0.1, -0.05) is 6.07 Å². The van der Waals surface area contributed by atoms with Gasteiger partial charge in [-0.05, 0) is 12.1 Å². The minimum absolute atomic E-state index is 0.224. The van der Waals surface area contributed by atoms with Gasteiger partial charge in [-0.3, -0.25) is 0 Å². The van der Waals surface area contributed by atoms with Crippen LogP contribution >= 0.6 is 0 Å². The molecular formula is C9H9NO2. The molecule has 0 aliphatic carbocycles. The molecule has 0 aliphatic rings. The SMILES string of the molecule is COc1cccc2[nH]cc(O)c12. The van der Waals surface area contributed by atoms with Gasteiger partial charge in [0.2, 0.25) is 0 Å². The van der Waals surface area contributed by atoms with Gasteiger partial charge in [-0.2, -0.15) is 0 Å². The Morgan fingerprint density at radius 3 is 3.00 bits per heavy atom. The van der Waals surface area contributed by atoms with E-state index in [4.69, 9.17) is 4.74 Å². The number of aromatic nitrogens is 1. The van der Waals surface area contributed by atoms with E-state index in [2.05, 4.69) is 4.98 Å². The second kappa shape index (κ2) is 2.44. The van der Waals surface area contributed by atoms with Crippen LogP contribution in [-0.2, 0) is 0 Å². The number of hydrogen-bond acceptors (Lipinski definition) is 2. The molecular weight excluding hydrogens is 154 g/mol. The standard InChI is InChI=1S/C9H9NO2/c1-12-8-4-2-3-6-9(8)7(11)5-10-6/h2-5,10-11H,1H3.